The van der Waals surface area contributed by atoms with Crippen LogP contribution in [0.2, 0.25) is 0 Å². The van der Waals surface area contributed by atoms with Gasteiger partial charge in [-0.2, -0.15) is 0 Å². The first kappa shape index (κ1) is 14.5. The molecule has 2 aromatic heterocycles. The summed E-state index contributed by atoms with van der Waals surface area (Å²) in [4.78, 5) is 21.2. The SMILES string of the molecule is Br.O=C1CSc2cc3sc(-c4ccncc4)nc3cc2N1. The number of pyridine rings is 1. The second kappa shape index (κ2) is 5.75. The quantitative estimate of drug-likeness (QED) is 0.694. The summed E-state index contributed by atoms with van der Waals surface area (Å²) in [5.41, 5.74) is 2.85. The molecule has 0 bridgehead atoms. The smallest absolute Gasteiger partial charge is 0.234 e. The van der Waals surface area contributed by atoms with Gasteiger partial charge in [-0.1, -0.05) is 0 Å². The van der Waals surface area contributed by atoms with Gasteiger partial charge in [-0.25, -0.2) is 4.98 Å². The number of nitrogens with one attached hydrogen (secondary N) is 1. The number of benzene rings is 1. The fourth-order valence-electron chi connectivity index (χ4n) is 2.12. The van der Waals surface area contributed by atoms with Crippen LogP contribution >= 0.6 is 40.1 Å². The summed E-state index contributed by atoms with van der Waals surface area (Å²) in [6.07, 6.45) is 3.53. The highest BCUT2D eigenvalue weighted by molar-refractivity contribution is 8.93. The lowest BCUT2D eigenvalue weighted by Gasteiger charge is -2.15. The summed E-state index contributed by atoms with van der Waals surface area (Å²) in [5.74, 6) is 0.528. The minimum absolute atomic E-state index is 0. The Balaban J connectivity index is 0.00000132. The third-order valence-electron chi connectivity index (χ3n) is 3.05. The van der Waals surface area contributed by atoms with E-state index in [2.05, 4.69) is 21.4 Å². The average Bonchev–Trinajstić information content (AvgIpc) is 2.88. The van der Waals surface area contributed by atoms with Crippen molar-refractivity contribution in [2.45, 2.75) is 4.90 Å². The van der Waals surface area contributed by atoms with Crippen molar-refractivity contribution in [2.24, 2.45) is 0 Å². The zero-order valence-corrected chi connectivity index (χ0v) is 14.0. The lowest BCUT2D eigenvalue weighted by molar-refractivity contribution is -0.113. The zero-order valence-electron chi connectivity index (χ0n) is 10.7. The largest absolute Gasteiger partial charge is 0.324 e. The van der Waals surface area contributed by atoms with Crippen LogP contribution in [0.5, 0.6) is 0 Å². The van der Waals surface area contributed by atoms with E-state index < -0.39 is 0 Å². The molecule has 21 heavy (non-hydrogen) atoms. The molecule has 3 aromatic rings. The first-order valence-electron chi connectivity index (χ1n) is 6.07. The normalized spacial score (nSPS) is 13.4. The molecule has 0 fully saturated rings. The van der Waals surface area contributed by atoms with Crippen LogP contribution in [0.15, 0.2) is 41.6 Å². The van der Waals surface area contributed by atoms with E-state index in [0.29, 0.717) is 5.75 Å². The molecule has 1 aromatic carbocycles. The maximum absolute atomic E-state index is 11.4. The molecular formula is C14H10BrN3OS2. The molecule has 0 unspecified atom stereocenters. The Morgan fingerprint density at radius 2 is 2.00 bits per heavy atom. The Labute approximate surface area is 139 Å². The molecule has 0 saturated carbocycles. The fourth-order valence-corrected chi connectivity index (χ4v) is 4.01. The third kappa shape index (κ3) is 2.68. The second-order valence-corrected chi connectivity index (χ2v) is 6.46. The number of halogens is 1. The van der Waals surface area contributed by atoms with Crippen LogP contribution < -0.4 is 5.32 Å². The molecule has 4 rings (SSSR count). The number of carbonyl (C=O) groups excluding carboxylic acids is 1. The van der Waals surface area contributed by atoms with Crippen molar-refractivity contribution in [1.82, 2.24) is 9.97 Å². The summed E-state index contributed by atoms with van der Waals surface area (Å²) in [6, 6.07) is 7.97. The van der Waals surface area contributed by atoms with Crippen molar-refractivity contribution in [3.8, 4) is 10.6 Å². The monoisotopic (exact) mass is 379 g/mol. The lowest BCUT2D eigenvalue weighted by Crippen LogP contribution is -2.18. The van der Waals surface area contributed by atoms with Gasteiger partial charge in [0.1, 0.15) is 5.01 Å². The van der Waals surface area contributed by atoms with Crippen LogP contribution in [0, 0.1) is 0 Å². The van der Waals surface area contributed by atoms with Gasteiger partial charge in [0.15, 0.2) is 0 Å². The second-order valence-electron chi connectivity index (χ2n) is 4.41. The van der Waals surface area contributed by atoms with Gasteiger partial charge >= 0.3 is 0 Å². The predicted molar refractivity (Wildman–Crippen MR) is 92.5 cm³/mol. The predicted octanol–water partition coefficient (Wildman–Crippen LogP) is 3.98. The van der Waals surface area contributed by atoms with Crippen LogP contribution in [0.1, 0.15) is 0 Å². The maximum atomic E-state index is 11.4. The summed E-state index contributed by atoms with van der Waals surface area (Å²) >= 11 is 3.23. The average molecular weight is 380 g/mol. The minimum Gasteiger partial charge on any atom is -0.324 e. The molecule has 0 aliphatic carbocycles. The molecule has 0 radical (unpaired) electrons. The molecule has 4 nitrogen and oxygen atoms in total. The van der Waals surface area contributed by atoms with Gasteiger partial charge in [0.25, 0.3) is 0 Å². The minimum atomic E-state index is 0. The van der Waals surface area contributed by atoms with Gasteiger partial charge in [-0.3, -0.25) is 9.78 Å². The molecule has 1 amide bonds. The van der Waals surface area contributed by atoms with Crippen LogP contribution in [0.4, 0.5) is 5.69 Å². The number of thiazole rings is 1. The Hall–Kier alpha value is -1.44. The molecule has 1 aliphatic rings. The topological polar surface area (TPSA) is 54.9 Å². The number of carbonyl (C=O) groups is 1. The Kier molecular flexibility index (Phi) is 3.97. The molecule has 106 valence electrons. The third-order valence-corrected chi connectivity index (χ3v) is 5.17. The Morgan fingerprint density at radius 3 is 2.81 bits per heavy atom. The molecule has 3 heterocycles. The van der Waals surface area contributed by atoms with Crippen molar-refractivity contribution in [2.75, 3.05) is 11.1 Å². The highest BCUT2D eigenvalue weighted by Gasteiger charge is 2.17. The van der Waals surface area contributed by atoms with Crippen LogP contribution in [0.3, 0.4) is 0 Å². The van der Waals surface area contributed by atoms with E-state index in [-0.39, 0.29) is 22.9 Å². The summed E-state index contributed by atoms with van der Waals surface area (Å²) in [5, 5.41) is 3.87. The molecular weight excluding hydrogens is 370 g/mol. The number of nitrogens with zero attached hydrogens (tertiary/aromatic N) is 2. The van der Waals surface area contributed by atoms with E-state index in [1.54, 1.807) is 35.5 Å². The number of hydrogen-bond donors (Lipinski definition) is 1. The standard InChI is InChI=1S/C14H9N3OS2.BrH/c18-13-7-19-11-6-12-10(5-9(11)16-13)17-14(20-12)8-1-3-15-4-2-8;/h1-6H,7H2,(H,16,18);1H. The molecule has 1 N–H and O–H groups in total. The highest BCUT2D eigenvalue weighted by atomic mass is 79.9. The summed E-state index contributed by atoms with van der Waals surface area (Å²) in [6.45, 7) is 0. The van der Waals surface area contributed by atoms with Crippen molar-refractivity contribution in [3.63, 3.8) is 0 Å². The van der Waals surface area contributed by atoms with Crippen molar-refractivity contribution in [1.29, 1.82) is 0 Å². The van der Waals surface area contributed by atoms with E-state index >= 15 is 0 Å². The van der Waals surface area contributed by atoms with E-state index in [1.165, 1.54) is 0 Å². The van der Waals surface area contributed by atoms with Crippen LogP contribution in [-0.2, 0) is 4.79 Å². The Morgan fingerprint density at radius 1 is 1.19 bits per heavy atom. The van der Waals surface area contributed by atoms with Gasteiger partial charge in [0.05, 0.1) is 21.7 Å². The fraction of sp³-hybridized carbons (Fsp3) is 0.0714. The van der Waals surface area contributed by atoms with Gasteiger partial charge < -0.3 is 5.32 Å². The number of aromatic nitrogens is 2. The number of thioether (sulfide) groups is 1. The summed E-state index contributed by atoms with van der Waals surface area (Å²) < 4.78 is 1.14. The molecule has 1 aliphatic heterocycles. The van der Waals surface area contributed by atoms with Crippen LogP contribution in [-0.4, -0.2) is 21.6 Å². The molecule has 7 heteroatoms. The zero-order chi connectivity index (χ0) is 13.5. The lowest BCUT2D eigenvalue weighted by atomic mass is 10.2. The van der Waals surface area contributed by atoms with Crippen molar-refractivity contribution >= 4 is 61.9 Å². The van der Waals surface area contributed by atoms with Gasteiger partial charge in [-0.05, 0) is 24.3 Å². The number of fused-ring (bicyclic) bond motifs is 2. The Bertz CT molecular complexity index is 820. The van der Waals surface area contributed by atoms with Crippen LogP contribution in [0.25, 0.3) is 20.8 Å². The van der Waals surface area contributed by atoms with Crippen molar-refractivity contribution in [3.05, 3.63) is 36.7 Å². The highest BCUT2D eigenvalue weighted by Crippen LogP contribution is 2.38. The molecule has 0 spiro atoms. The van der Waals surface area contributed by atoms with E-state index in [4.69, 9.17) is 0 Å². The summed E-state index contributed by atoms with van der Waals surface area (Å²) in [7, 11) is 0. The van der Waals surface area contributed by atoms with Gasteiger partial charge in [0.2, 0.25) is 5.91 Å². The van der Waals surface area contributed by atoms with E-state index in [9.17, 15) is 4.79 Å². The van der Waals surface area contributed by atoms with E-state index in [1.807, 2.05) is 18.2 Å². The van der Waals surface area contributed by atoms with Gasteiger partial charge in [0, 0.05) is 22.9 Å². The number of anilines is 1. The maximum Gasteiger partial charge on any atom is 0.234 e. The molecule has 0 saturated heterocycles. The number of hydrogen-bond acceptors (Lipinski definition) is 5. The first-order valence-corrected chi connectivity index (χ1v) is 7.87. The number of rotatable bonds is 1. The molecule has 0 atom stereocenters. The number of amides is 1. The van der Waals surface area contributed by atoms with Crippen molar-refractivity contribution < 1.29 is 4.79 Å². The van der Waals surface area contributed by atoms with Gasteiger partial charge in [-0.15, -0.1) is 40.1 Å². The van der Waals surface area contributed by atoms with E-state index in [0.717, 1.165) is 31.4 Å². The first-order chi connectivity index (χ1) is 9.79.